The van der Waals surface area contributed by atoms with E-state index in [1.54, 1.807) is 0 Å². The van der Waals surface area contributed by atoms with Gasteiger partial charge in [0.15, 0.2) is 11.9 Å². The number of carbonyl (C=O) groups excluding carboxylic acids is 2. The summed E-state index contributed by atoms with van der Waals surface area (Å²) in [5, 5.41) is 6.81. The summed E-state index contributed by atoms with van der Waals surface area (Å²) < 4.78 is 172. The minimum Gasteiger partial charge on any atom is -0.372 e. The molecule has 74 heavy (non-hydrogen) atoms. The van der Waals surface area contributed by atoms with Crippen LogP contribution in [0, 0.1) is 0 Å². The van der Waals surface area contributed by atoms with Crippen LogP contribution in [0.3, 0.4) is 0 Å². The molecule has 12 nitrogen and oxygen atoms in total. The molecule has 4 aliphatic rings. The van der Waals surface area contributed by atoms with Gasteiger partial charge in [-0.2, -0.15) is 52.7 Å². The molecule has 0 aromatic heterocycles. The quantitative estimate of drug-likeness (QED) is 0.102. The highest BCUT2D eigenvalue weighted by atomic mass is 19.4. The van der Waals surface area contributed by atoms with Gasteiger partial charge in [0.2, 0.25) is 0 Å². The number of carbonyl (C=O) groups is 2. The molecule has 2 saturated heterocycles. The molecule has 6 atom stereocenters. The normalized spacial score (nSPS) is 23.8. The highest BCUT2D eigenvalue weighted by molar-refractivity contribution is 6.03. The zero-order chi connectivity index (χ0) is 54.0. The van der Waals surface area contributed by atoms with Crippen LogP contribution in [-0.4, -0.2) is 85.0 Å². The Kier molecular flexibility index (Phi) is 16.2. The van der Waals surface area contributed by atoms with Crippen molar-refractivity contribution in [2.45, 2.75) is 99.6 Å². The van der Waals surface area contributed by atoms with E-state index in [9.17, 15) is 62.3 Å². The van der Waals surface area contributed by atoms with Gasteiger partial charge in [0.1, 0.15) is 13.1 Å². The van der Waals surface area contributed by atoms with Gasteiger partial charge in [-0.15, -0.1) is 0 Å². The summed E-state index contributed by atoms with van der Waals surface area (Å²) in [6.07, 6.45) is -19.9. The number of guanidine groups is 2. The molecular weight excluding hydrogens is 1000 g/mol. The smallest absolute Gasteiger partial charge is 0.372 e. The van der Waals surface area contributed by atoms with E-state index in [0.29, 0.717) is 63.0 Å². The molecule has 4 aromatic carbocycles. The van der Waals surface area contributed by atoms with Crippen molar-refractivity contribution in [3.63, 3.8) is 0 Å². The van der Waals surface area contributed by atoms with E-state index in [2.05, 4.69) is 20.6 Å². The summed E-state index contributed by atoms with van der Waals surface area (Å²) >= 11 is 0. The Morgan fingerprint density at radius 2 is 0.865 bits per heavy atom. The predicted molar refractivity (Wildman–Crippen MR) is 247 cm³/mol. The summed E-state index contributed by atoms with van der Waals surface area (Å²) in [4.78, 5) is 35.2. The monoisotopic (exact) mass is 1060 g/mol. The average molecular weight is 1060 g/mol. The van der Waals surface area contributed by atoms with Gasteiger partial charge in [-0.1, -0.05) is 60.7 Å². The third-order valence-corrected chi connectivity index (χ3v) is 13.6. The van der Waals surface area contributed by atoms with Crippen LogP contribution in [0.1, 0.15) is 96.2 Å². The second kappa shape index (κ2) is 21.5. The Labute approximate surface area is 417 Å². The van der Waals surface area contributed by atoms with Crippen LogP contribution in [0.2, 0.25) is 0 Å². The van der Waals surface area contributed by atoms with Crippen molar-refractivity contribution in [3.05, 3.63) is 142 Å². The topological polar surface area (TPSA) is 160 Å². The molecule has 0 bridgehead atoms. The van der Waals surface area contributed by atoms with Crippen LogP contribution in [-0.2, 0) is 54.8 Å². The van der Waals surface area contributed by atoms with Gasteiger partial charge in [-0.3, -0.25) is 19.4 Å². The highest BCUT2D eigenvalue weighted by Gasteiger charge is 2.45. The lowest BCUT2D eigenvalue weighted by molar-refractivity contribution is -0.145. The molecule has 4 aliphatic heterocycles. The zero-order valence-electron chi connectivity index (χ0n) is 39.7. The first-order valence-electron chi connectivity index (χ1n) is 23.3. The lowest BCUT2D eigenvalue weighted by Gasteiger charge is -2.44. The van der Waals surface area contributed by atoms with Crippen LogP contribution in [0.4, 0.5) is 52.7 Å². The molecule has 2 amide bonds. The molecule has 400 valence electrons. The van der Waals surface area contributed by atoms with Gasteiger partial charge in [0.05, 0.1) is 70.8 Å². The van der Waals surface area contributed by atoms with Gasteiger partial charge >= 0.3 is 24.7 Å². The Morgan fingerprint density at radius 1 is 0.554 bits per heavy atom. The summed E-state index contributed by atoms with van der Waals surface area (Å²) in [6.45, 7) is 3.44. The average Bonchev–Trinajstić information content (AvgIpc) is 3.89. The van der Waals surface area contributed by atoms with E-state index in [0.717, 1.165) is 11.1 Å². The Hall–Kier alpha value is -6.24. The molecule has 0 saturated carbocycles. The number of aliphatic imine (C=N–C) groups is 2. The number of nitrogens with two attached hydrogens (primary N) is 2. The third-order valence-electron chi connectivity index (χ3n) is 13.6. The van der Waals surface area contributed by atoms with Crippen molar-refractivity contribution in [2.75, 3.05) is 39.4 Å². The van der Waals surface area contributed by atoms with Gasteiger partial charge in [0, 0.05) is 13.1 Å². The maximum atomic E-state index is 13.3. The Balaban J connectivity index is 0.000000216. The summed E-state index contributed by atoms with van der Waals surface area (Å²) in [5.74, 6) is -0.101. The first kappa shape index (κ1) is 55.5. The van der Waals surface area contributed by atoms with E-state index < -0.39 is 70.2 Å². The van der Waals surface area contributed by atoms with Crippen molar-refractivity contribution in [3.8, 4) is 0 Å². The fourth-order valence-electron chi connectivity index (χ4n) is 9.49. The second-order valence-electron chi connectivity index (χ2n) is 18.5. The number of amides is 2. The highest BCUT2D eigenvalue weighted by Crippen LogP contribution is 2.42. The van der Waals surface area contributed by atoms with Crippen molar-refractivity contribution in [2.24, 2.45) is 21.5 Å². The number of hydrogen-bond donors (Lipinski definition) is 4. The number of alkyl halides is 12. The third kappa shape index (κ3) is 12.6. The zero-order valence-corrected chi connectivity index (χ0v) is 39.7. The van der Waals surface area contributed by atoms with Gasteiger partial charge in [0.25, 0.3) is 11.8 Å². The lowest BCUT2D eigenvalue weighted by Crippen LogP contribution is -2.59. The lowest BCUT2D eigenvalue weighted by atomic mass is 9.81. The van der Waals surface area contributed by atoms with Gasteiger partial charge in [-0.05, 0) is 98.2 Å². The van der Waals surface area contributed by atoms with Crippen molar-refractivity contribution in [1.82, 2.24) is 20.4 Å². The molecule has 24 heteroatoms. The van der Waals surface area contributed by atoms with Gasteiger partial charge in [-0.25, -0.2) is 9.98 Å². The summed E-state index contributed by atoms with van der Waals surface area (Å²) in [5.41, 5.74) is 5.84. The fraction of sp³-hybridized carbons (Fsp3) is 0.440. The molecular formula is C50H52F12N8O4. The molecule has 0 spiro atoms. The first-order valence-corrected chi connectivity index (χ1v) is 23.3. The number of hydrogen-bond acceptors (Lipinski definition) is 10. The maximum absolute atomic E-state index is 13.3. The van der Waals surface area contributed by atoms with Crippen molar-refractivity contribution >= 4 is 23.7 Å². The molecule has 0 unspecified atom stereocenters. The number of nitrogens with one attached hydrogen (secondary N) is 2. The van der Waals surface area contributed by atoms with Crippen LogP contribution in [0.5, 0.6) is 0 Å². The largest absolute Gasteiger partial charge is 0.416 e. The van der Waals surface area contributed by atoms with E-state index in [4.69, 9.17) is 20.9 Å². The first-order chi connectivity index (χ1) is 34.6. The summed E-state index contributed by atoms with van der Waals surface area (Å²) in [6, 6.07) is 20.8. The number of ether oxygens (including phenoxy) is 2. The maximum Gasteiger partial charge on any atom is 0.416 e. The van der Waals surface area contributed by atoms with Crippen molar-refractivity contribution < 1.29 is 71.7 Å². The standard InChI is InChI=1S/2C25H26F6N4O2/c2*1-15(16-9-18(24(26,27)28)11-19(10-16)25(29,30)31)37-14-23(17-5-3-2-4-6-17)8-7-20(12-34-23)35-21(36)13-33-22(35)32/h2*2-6,9-11,15,20,34H,7-8,12-14H2,1H3,(H2,32,33)/t15-,20+,23-;15-,20-,23-/m11/s1. The van der Waals surface area contributed by atoms with Crippen LogP contribution in [0.25, 0.3) is 0 Å². The van der Waals surface area contributed by atoms with Crippen molar-refractivity contribution in [1.29, 1.82) is 0 Å². The molecule has 4 aromatic rings. The molecule has 4 heterocycles. The number of halogens is 12. The van der Waals surface area contributed by atoms with E-state index >= 15 is 0 Å². The minimum absolute atomic E-state index is 0.0102. The van der Waals surface area contributed by atoms with Gasteiger partial charge < -0.3 is 31.6 Å². The number of nitrogens with zero attached hydrogens (tertiary/aromatic N) is 4. The molecule has 0 aliphatic carbocycles. The Morgan fingerprint density at radius 3 is 1.11 bits per heavy atom. The number of rotatable bonds is 12. The van der Waals surface area contributed by atoms with Crippen LogP contribution in [0.15, 0.2) is 107 Å². The van der Waals surface area contributed by atoms with E-state index in [1.807, 2.05) is 60.7 Å². The summed E-state index contributed by atoms with van der Waals surface area (Å²) in [7, 11) is 0. The fourth-order valence-corrected chi connectivity index (χ4v) is 9.49. The number of piperidine rings is 2. The predicted octanol–water partition coefficient (Wildman–Crippen LogP) is 9.21. The number of benzene rings is 4. The second-order valence-corrected chi connectivity index (χ2v) is 18.5. The van der Waals surface area contributed by atoms with Crippen LogP contribution < -0.4 is 22.1 Å². The molecule has 0 radical (unpaired) electrons. The molecule has 6 N–H and O–H groups in total. The molecule has 2 fully saturated rings. The molecule has 8 rings (SSSR count). The van der Waals surface area contributed by atoms with E-state index in [1.165, 1.54) is 23.6 Å². The minimum atomic E-state index is -4.95. The van der Waals surface area contributed by atoms with Crippen LogP contribution >= 0.6 is 0 Å². The SMILES string of the molecule is C[C@@H](OC[C@@]1(c2ccccc2)CC[C@@H](N2C(=O)CN=C2N)CN1)c1cc(C(F)(F)F)cc(C(F)(F)F)c1.C[C@@H](OC[C@@]1(c2ccccc2)CC[C@H](N2C(=O)CN=C2N)CN1)c1cc(C(F)(F)F)cc(C(F)(F)F)c1. The van der Waals surface area contributed by atoms with E-state index in [-0.39, 0.29) is 85.4 Å². The Bertz CT molecular complexity index is 2430.